The van der Waals surface area contributed by atoms with Gasteiger partial charge in [-0.2, -0.15) is 0 Å². The summed E-state index contributed by atoms with van der Waals surface area (Å²) in [4.78, 5) is 14.0. The largest absolute Gasteiger partial charge is 0.497 e. The van der Waals surface area contributed by atoms with Gasteiger partial charge in [-0.25, -0.2) is 0 Å². The number of non-ortho nitro benzene ring substituents is 1. The van der Waals surface area contributed by atoms with Crippen molar-refractivity contribution in [3.8, 4) is 23.0 Å². The lowest BCUT2D eigenvalue weighted by atomic mass is 10.1. The number of rotatable bonds is 5. The van der Waals surface area contributed by atoms with E-state index in [-0.39, 0.29) is 11.4 Å². The number of benzene rings is 3. The minimum atomic E-state index is -1.07. The summed E-state index contributed by atoms with van der Waals surface area (Å²) in [5.41, 5.74) is 1.39. The quantitative estimate of drug-likeness (QED) is 0.371. The fourth-order valence-electron chi connectivity index (χ4n) is 3.87. The smallest absolute Gasteiger partial charge is 0.295 e. The second-order valence-electron chi connectivity index (χ2n) is 7.42. The lowest BCUT2D eigenvalue weighted by molar-refractivity contribution is -0.385. The monoisotopic (exact) mass is 464 g/mol. The van der Waals surface area contributed by atoms with E-state index in [4.69, 9.17) is 18.9 Å². The molecule has 0 bridgehead atoms. The molecule has 9 heteroatoms. The second-order valence-corrected chi connectivity index (χ2v) is 8.62. The molecular weight excluding hydrogens is 444 g/mol. The molecule has 2 aliphatic heterocycles. The summed E-state index contributed by atoms with van der Waals surface area (Å²) in [6, 6.07) is 18.0. The molecule has 2 aliphatic rings. The Morgan fingerprint density at radius 2 is 1.76 bits per heavy atom. The normalized spacial score (nSPS) is 18.2. The SMILES string of the molecule is COc1ccc(OC2=Cc3cc([N+](=O)[O-])cc(OC)c3OC23Sc2ccccc2N3C)cc1. The van der Waals surface area contributed by atoms with Gasteiger partial charge in [0.15, 0.2) is 17.3 Å². The predicted octanol–water partition coefficient (Wildman–Crippen LogP) is 5.32. The van der Waals surface area contributed by atoms with Crippen LogP contribution in [0.4, 0.5) is 11.4 Å². The fraction of sp³-hybridized carbons (Fsp3) is 0.167. The molecule has 0 aliphatic carbocycles. The van der Waals surface area contributed by atoms with Crippen molar-refractivity contribution in [3.63, 3.8) is 0 Å². The number of nitro benzene ring substituents is 1. The van der Waals surface area contributed by atoms with Crippen LogP contribution in [0.2, 0.25) is 0 Å². The van der Waals surface area contributed by atoms with Crippen LogP contribution in [0.25, 0.3) is 6.08 Å². The van der Waals surface area contributed by atoms with Gasteiger partial charge in [0.1, 0.15) is 11.5 Å². The number of nitro groups is 1. The topological polar surface area (TPSA) is 83.3 Å². The average Bonchev–Trinajstić information content (AvgIpc) is 3.11. The molecule has 1 unspecified atom stereocenters. The maximum Gasteiger partial charge on any atom is 0.295 e. The van der Waals surface area contributed by atoms with Gasteiger partial charge in [-0.05, 0) is 54.2 Å². The van der Waals surface area contributed by atoms with E-state index in [1.165, 1.54) is 31.0 Å². The summed E-state index contributed by atoms with van der Waals surface area (Å²) < 4.78 is 23.6. The van der Waals surface area contributed by atoms with E-state index in [1.54, 1.807) is 37.5 Å². The van der Waals surface area contributed by atoms with Crippen molar-refractivity contribution < 1.29 is 23.9 Å². The maximum atomic E-state index is 11.5. The van der Waals surface area contributed by atoms with Crippen LogP contribution in [0.15, 0.2) is 71.3 Å². The Bertz CT molecular complexity index is 1280. The number of nitrogens with zero attached hydrogens (tertiary/aromatic N) is 2. The highest BCUT2D eigenvalue weighted by Gasteiger charge is 2.53. The molecule has 1 atom stereocenters. The number of para-hydroxylation sites is 1. The molecule has 0 saturated heterocycles. The summed E-state index contributed by atoms with van der Waals surface area (Å²) in [5.74, 6) is 2.46. The zero-order chi connectivity index (χ0) is 23.2. The molecule has 8 nitrogen and oxygen atoms in total. The third kappa shape index (κ3) is 3.41. The molecule has 0 radical (unpaired) electrons. The number of likely N-dealkylation sites (N-methyl/N-ethyl adjacent to an activating group) is 1. The van der Waals surface area contributed by atoms with E-state index in [0.29, 0.717) is 28.6 Å². The van der Waals surface area contributed by atoms with Gasteiger partial charge in [0.25, 0.3) is 10.7 Å². The summed E-state index contributed by atoms with van der Waals surface area (Å²) >= 11 is 1.49. The fourth-order valence-corrected chi connectivity index (χ4v) is 5.19. The van der Waals surface area contributed by atoms with Crippen molar-refractivity contribution in [1.82, 2.24) is 0 Å². The van der Waals surface area contributed by atoms with Gasteiger partial charge in [0, 0.05) is 23.6 Å². The zero-order valence-corrected chi connectivity index (χ0v) is 18.9. The van der Waals surface area contributed by atoms with Crippen molar-refractivity contribution in [2.45, 2.75) is 9.95 Å². The van der Waals surface area contributed by atoms with Crippen LogP contribution >= 0.6 is 11.8 Å². The van der Waals surface area contributed by atoms with Crippen LogP contribution in [0, 0.1) is 10.1 Å². The van der Waals surface area contributed by atoms with E-state index in [9.17, 15) is 10.1 Å². The highest BCUT2D eigenvalue weighted by atomic mass is 32.2. The Labute approximate surface area is 194 Å². The number of fused-ring (bicyclic) bond motifs is 2. The molecule has 0 saturated carbocycles. The van der Waals surface area contributed by atoms with Crippen molar-refractivity contribution in [2.75, 3.05) is 26.2 Å². The average molecular weight is 464 g/mol. The molecular formula is C24H20N2O6S. The van der Waals surface area contributed by atoms with Crippen LogP contribution in [0.5, 0.6) is 23.0 Å². The molecule has 0 fully saturated rings. The van der Waals surface area contributed by atoms with E-state index < -0.39 is 9.98 Å². The third-order valence-corrected chi connectivity index (χ3v) is 6.94. The van der Waals surface area contributed by atoms with Gasteiger partial charge < -0.3 is 23.8 Å². The molecule has 33 heavy (non-hydrogen) atoms. The summed E-state index contributed by atoms with van der Waals surface area (Å²) in [5, 5.41) is 10.4. The van der Waals surface area contributed by atoms with Gasteiger partial charge in [-0.15, -0.1) is 0 Å². The Morgan fingerprint density at radius 1 is 1.03 bits per heavy atom. The minimum absolute atomic E-state index is 0.0964. The Morgan fingerprint density at radius 3 is 2.42 bits per heavy atom. The van der Waals surface area contributed by atoms with E-state index in [0.717, 1.165) is 10.6 Å². The highest BCUT2D eigenvalue weighted by Crippen LogP contribution is 2.57. The number of hydrogen-bond donors (Lipinski definition) is 0. The van der Waals surface area contributed by atoms with E-state index in [2.05, 4.69) is 0 Å². The summed E-state index contributed by atoms with van der Waals surface area (Å²) in [7, 11) is 4.98. The minimum Gasteiger partial charge on any atom is -0.497 e. The van der Waals surface area contributed by atoms with Gasteiger partial charge in [-0.3, -0.25) is 10.1 Å². The van der Waals surface area contributed by atoms with Crippen LogP contribution in [-0.4, -0.2) is 31.2 Å². The molecule has 3 aromatic rings. The third-order valence-electron chi connectivity index (χ3n) is 5.54. The lowest BCUT2D eigenvalue weighted by Gasteiger charge is -2.40. The molecule has 5 rings (SSSR count). The van der Waals surface area contributed by atoms with Crippen molar-refractivity contribution in [3.05, 3.63) is 82.1 Å². The lowest BCUT2D eigenvalue weighted by Crippen LogP contribution is -2.50. The van der Waals surface area contributed by atoms with E-state index in [1.807, 2.05) is 36.2 Å². The first-order chi connectivity index (χ1) is 15.9. The standard InChI is InChI=1S/C24H20N2O6S/c1-25-19-6-4-5-7-21(19)33-24(25)22(31-18-10-8-17(29-2)9-11-18)13-15-12-16(26(27)28)14-20(30-3)23(15)32-24/h4-14H,1-3H3. The van der Waals surface area contributed by atoms with Gasteiger partial charge >= 0.3 is 0 Å². The molecule has 168 valence electrons. The van der Waals surface area contributed by atoms with Gasteiger partial charge in [0.05, 0.1) is 30.9 Å². The Balaban J connectivity index is 1.66. The number of thioether (sulfide) groups is 1. The van der Waals surface area contributed by atoms with Crippen molar-refractivity contribution >= 4 is 29.2 Å². The first-order valence-electron chi connectivity index (χ1n) is 10.1. The van der Waals surface area contributed by atoms with Crippen LogP contribution < -0.4 is 23.8 Å². The van der Waals surface area contributed by atoms with Crippen LogP contribution in [0.3, 0.4) is 0 Å². The number of ether oxygens (including phenoxy) is 4. The van der Waals surface area contributed by atoms with Crippen molar-refractivity contribution in [1.29, 1.82) is 0 Å². The van der Waals surface area contributed by atoms with Gasteiger partial charge in [-0.1, -0.05) is 12.1 Å². The zero-order valence-electron chi connectivity index (χ0n) is 18.1. The Kier molecular flexibility index (Phi) is 5.05. The molecule has 3 aromatic carbocycles. The molecule has 0 aromatic heterocycles. The molecule has 0 amide bonds. The Hall–Kier alpha value is -3.85. The molecule has 1 spiro atoms. The first-order valence-corrected chi connectivity index (χ1v) is 10.9. The molecule has 0 N–H and O–H groups in total. The molecule has 2 heterocycles. The highest BCUT2D eigenvalue weighted by molar-refractivity contribution is 8.01. The number of methoxy groups -OCH3 is 2. The van der Waals surface area contributed by atoms with Crippen LogP contribution in [0.1, 0.15) is 5.56 Å². The number of anilines is 1. The maximum absolute atomic E-state index is 11.5. The first kappa shape index (κ1) is 21.0. The summed E-state index contributed by atoms with van der Waals surface area (Å²) in [6.07, 6.45) is 1.77. The predicted molar refractivity (Wildman–Crippen MR) is 125 cm³/mol. The van der Waals surface area contributed by atoms with Crippen molar-refractivity contribution in [2.24, 2.45) is 0 Å². The van der Waals surface area contributed by atoms with E-state index >= 15 is 0 Å². The summed E-state index contributed by atoms with van der Waals surface area (Å²) in [6.45, 7) is 0. The second kappa shape index (κ2) is 7.93. The van der Waals surface area contributed by atoms with Crippen LogP contribution in [-0.2, 0) is 0 Å². The number of hydrogen-bond acceptors (Lipinski definition) is 8. The van der Waals surface area contributed by atoms with Gasteiger partial charge in [0.2, 0.25) is 0 Å².